The van der Waals surface area contributed by atoms with Crippen molar-refractivity contribution >= 4 is 5.97 Å². The van der Waals surface area contributed by atoms with Crippen LogP contribution in [-0.2, 0) is 9.53 Å². The van der Waals surface area contributed by atoms with Gasteiger partial charge >= 0.3 is 5.97 Å². The fourth-order valence-corrected chi connectivity index (χ4v) is 0.640. The summed E-state index contributed by atoms with van der Waals surface area (Å²) in [5.74, 6) is -3.35. The molecule has 0 radical (unpaired) electrons. The molecule has 0 saturated carbocycles. The van der Waals surface area contributed by atoms with Crippen molar-refractivity contribution in [2.75, 3.05) is 6.61 Å². The van der Waals surface area contributed by atoms with E-state index in [0.717, 1.165) is 6.92 Å². The zero-order valence-corrected chi connectivity index (χ0v) is 8.27. The standard InChI is InChI=1S/C9H16F2O2/c1-4-7(2)8(12)13-6-5-9(3,10)11/h7H,4-6H2,1-3H3. The first kappa shape index (κ1) is 12.3. The fraction of sp³-hybridized carbons (Fsp3) is 0.889. The van der Waals surface area contributed by atoms with Crippen LogP contribution in [0.4, 0.5) is 8.78 Å². The van der Waals surface area contributed by atoms with Crippen LogP contribution in [0.1, 0.15) is 33.6 Å². The topological polar surface area (TPSA) is 26.3 Å². The number of rotatable bonds is 5. The molecule has 2 nitrogen and oxygen atoms in total. The molecule has 0 aliphatic carbocycles. The number of carbonyl (C=O) groups excluding carboxylic acids is 1. The largest absolute Gasteiger partial charge is 0.465 e. The van der Waals surface area contributed by atoms with Crippen LogP contribution in [0.25, 0.3) is 0 Å². The van der Waals surface area contributed by atoms with E-state index in [0.29, 0.717) is 6.42 Å². The first-order chi connectivity index (χ1) is 5.87. The maximum absolute atomic E-state index is 12.3. The van der Waals surface area contributed by atoms with E-state index in [1.54, 1.807) is 6.92 Å². The van der Waals surface area contributed by atoms with E-state index in [9.17, 15) is 13.6 Å². The lowest BCUT2D eigenvalue weighted by Gasteiger charge is -2.12. The molecule has 78 valence electrons. The van der Waals surface area contributed by atoms with Crippen LogP contribution in [0, 0.1) is 5.92 Å². The summed E-state index contributed by atoms with van der Waals surface area (Å²) in [5.41, 5.74) is 0. The Bertz CT molecular complexity index is 163. The molecule has 0 aliphatic heterocycles. The lowest BCUT2D eigenvalue weighted by atomic mass is 10.1. The molecule has 1 atom stereocenters. The van der Waals surface area contributed by atoms with Crippen molar-refractivity contribution in [2.45, 2.75) is 39.5 Å². The van der Waals surface area contributed by atoms with Crippen LogP contribution in [0.3, 0.4) is 0 Å². The zero-order valence-electron chi connectivity index (χ0n) is 8.27. The smallest absolute Gasteiger partial charge is 0.308 e. The van der Waals surface area contributed by atoms with E-state index in [2.05, 4.69) is 4.74 Å². The Balaban J connectivity index is 3.60. The highest BCUT2D eigenvalue weighted by atomic mass is 19.3. The third-order valence-corrected chi connectivity index (χ3v) is 1.80. The van der Waals surface area contributed by atoms with Crippen LogP contribution in [0.2, 0.25) is 0 Å². The molecule has 13 heavy (non-hydrogen) atoms. The van der Waals surface area contributed by atoms with Gasteiger partial charge in [-0.3, -0.25) is 4.79 Å². The molecule has 0 heterocycles. The van der Waals surface area contributed by atoms with Gasteiger partial charge in [-0.2, -0.15) is 0 Å². The summed E-state index contributed by atoms with van der Waals surface area (Å²) in [5, 5.41) is 0. The Labute approximate surface area is 77.3 Å². The van der Waals surface area contributed by atoms with Gasteiger partial charge in [-0.25, -0.2) is 8.78 Å². The van der Waals surface area contributed by atoms with Gasteiger partial charge in [0.15, 0.2) is 0 Å². The molecular formula is C9H16F2O2. The first-order valence-electron chi connectivity index (χ1n) is 4.41. The van der Waals surface area contributed by atoms with Crippen LogP contribution in [0.5, 0.6) is 0 Å². The van der Waals surface area contributed by atoms with Crippen LogP contribution >= 0.6 is 0 Å². The normalized spacial score (nSPS) is 13.9. The van der Waals surface area contributed by atoms with Gasteiger partial charge in [0.05, 0.1) is 12.5 Å². The molecule has 0 aliphatic rings. The highest BCUT2D eigenvalue weighted by Gasteiger charge is 2.22. The summed E-state index contributed by atoms with van der Waals surface area (Å²) in [6.07, 6.45) is 0.260. The van der Waals surface area contributed by atoms with Gasteiger partial charge in [-0.15, -0.1) is 0 Å². The average molecular weight is 194 g/mol. The third-order valence-electron chi connectivity index (χ3n) is 1.80. The Hall–Kier alpha value is -0.670. The molecule has 1 unspecified atom stereocenters. The Morgan fingerprint density at radius 2 is 2.08 bits per heavy atom. The van der Waals surface area contributed by atoms with Crippen molar-refractivity contribution < 1.29 is 18.3 Å². The lowest BCUT2D eigenvalue weighted by Crippen LogP contribution is -2.19. The van der Waals surface area contributed by atoms with Crippen molar-refractivity contribution in [1.82, 2.24) is 0 Å². The van der Waals surface area contributed by atoms with E-state index < -0.39 is 18.3 Å². The van der Waals surface area contributed by atoms with Crippen LogP contribution < -0.4 is 0 Å². The van der Waals surface area contributed by atoms with E-state index >= 15 is 0 Å². The summed E-state index contributed by atoms with van der Waals surface area (Å²) < 4.78 is 29.2. The summed E-state index contributed by atoms with van der Waals surface area (Å²) in [7, 11) is 0. The van der Waals surface area contributed by atoms with E-state index in [-0.39, 0.29) is 12.5 Å². The molecule has 0 amide bonds. The molecule has 4 heteroatoms. The molecule has 0 spiro atoms. The summed E-state index contributed by atoms with van der Waals surface area (Å²) in [4.78, 5) is 11.0. The van der Waals surface area contributed by atoms with Crippen molar-refractivity contribution in [1.29, 1.82) is 0 Å². The number of esters is 1. The lowest BCUT2D eigenvalue weighted by molar-refractivity contribution is -0.149. The summed E-state index contributed by atoms with van der Waals surface area (Å²) in [6.45, 7) is 4.17. The van der Waals surface area contributed by atoms with Crippen LogP contribution in [0.15, 0.2) is 0 Å². The second-order valence-electron chi connectivity index (χ2n) is 3.30. The Kier molecular flexibility index (Phi) is 4.88. The molecular weight excluding hydrogens is 178 g/mol. The molecule has 0 fully saturated rings. The summed E-state index contributed by atoms with van der Waals surface area (Å²) >= 11 is 0. The minimum atomic E-state index is -2.75. The van der Waals surface area contributed by atoms with Gasteiger partial charge in [0.1, 0.15) is 0 Å². The van der Waals surface area contributed by atoms with Crippen LogP contribution in [-0.4, -0.2) is 18.5 Å². The number of hydrogen-bond donors (Lipinski definition) is 0. The minimum absolute atomic E-state index is 0.202. The van der Waals surface area contributed by atoms with Gasteiger partial charge in [0.25, 0.3) is 0 Å². The number of alkyl halides is 2. The van der Waals surface area contributed by atoms with Gasteiger partial charge < -0.3 is 4.74 Å². The SMILES string of the molecule is CCC(C)C(=O)OCCC(C)(F)F. The van der Waals surface area contributed by atoms with E-state index in [4.69, 9.17) is 0 Å². The number of ether oxygens (including phenoxy) is 1. The van der Waals surface area contributed by atoms with Gasteiger partial charge in [0, 0.05) is 6.42 Å². The molecule has 0 saturated heterocycles. The van der Waals surface area contributed by atoms with Crippen molar-refractivity contribution in [2.24, 2.45) is 5.92 Å². The number of hydrogen-bond acceptors (Lipinski definition) is 2. The Morgan fingerprint density at radius 1 is 1.54 bits per heavy atom. The molecule has 0 rings (SSSR count). The third kappa shape index (κ3) is 6.49. The maximum Gasteiger partial charge on any atom is 0.308 e. The molecule has 0 aromatic heterocycles. The zero-order chi connectivity index (χ0) is 10.5. The summed E-state index contributed by atoms with van der Waals surface area (Å²) in [6, 6.07) is 0. The fourth-order valence-electron chi connectivity index (χ4n) is 0.640. The van der Waals surface area contributed by atoms with Gasteiger partial charge in [0.2, 0.25) is 5.92 Å². The number of halogens is 2. The maximum atomic E-state index is 12.3. The molecule has 0 aromatic rings. The number of carbonyl (C=O) groups is 1. The molecule has 0 N–H and O–H groups in total. The van der Waals surface area contributed by atoms with Gasteiger partial charge in [-0.1, -0.05) is 13.8 Å². The average Bonchev–Trinajstić information content (AvgIpc) is 2.00. The van der Waals surface area contributed by atoms with Gasteiger partial charge in [-0.05, 0) is 13.3 Å². The highest BCUT2D eigenvalue weighted by Crippen LogP contribution is 2.16. The molecule has 0 bridgehead atoms. The van der Waals surface area contributed by atoms with Crippen molar-refractivity contribution in [3.8, 4) is 0 Å². The predicted molar refractivity (Wildman–Crippen MR) is 45.7 cm³/mol. The monoisotopic (exact) mass is 194 g/mol. The minimum Gasteiger partial charge on any atom is -0.465 e. The quantitative estimate of drug-likeness (QED) is 0.629. The highest BCUT2D eigenvalue weighted by molar-refractivity contribution is 5.71. The predicted octanol–water partition coefficient (Wildman–Crippen LogP) is 2.62. The van der Waals surface area contributed by atoms with Crippen molar-refractivity contribution in [3.63, 3.8) is 0 Å². The molecule has 0 aromatic carbocycles. The second kappa shape index (κ2) is 5.14. The van der Waals surface area contributed by atoms with E-state index in [1.807, 2.05) is 6.92 Å². The first-order valence-corrected chi connectivity index (χ1v) is 4.41. The van der Waals surface area contributed by atoms with E-state index in [1.165, 1.54) is 0 Å². The van der Waals surface area contributed by atoms with Crippen molar-refractivity contribution in [3.05, 3.63) is 0 Å². The second-order valence-corrected chi connectivity index (χ2v) is 3.30. The Morgan fingerprint density at radius 3 is 2.46 bits per heavy atom.